The van der Waals surface area contributed by atoms with Crippen LogP contribution in [0.3, 0.4) is 0 Å². The fourth-order valence-corrected chi connectivity index (χ4v) is 3.90. The molecular formula is C16H19BrN2O2S2. The predicted molar refractivity (Wildman–Crippen MR) is 99.0 cm³/mol. The van der Waals surface area contributed by atoms with E-state index in [9.17, 15) is 4.79 Å². The van der Waals surface area contributed by atoms with Crippen molar-refractivity contribution in [2.45, 2.75) is 22.9 Å². The summed E-state index contributed by atoms with van der Waals surface area (Å²) in [7, 11) is 1.66. The monoisotopic (exact) mass is 414 g/mol. The number of nitrogens with zero attached hydrogens (tertiary/aromatic N) is 1. The van der Waals surface area contributed by atoms with E-state index >= 15 is 0 Å². The van der Waals surface area contributed by atoms with E-state index in [1.54, 1.807) is 30.2 Å². The number of carbonyl (C=O) groups excluding carboxylic acids is 1. The maximum atomic E-state index is 11.8. The first kappa shape index (κ1) is 18.4. The van der Waals surface area contributed by atoms with Crippen LogP contribution in [0.1, 0.15) is 17.7 Å². The van der Waals surface area contributed by atoms with Crippen molar-refractivity contribution < 1.29 is 9.53 Å². The quantitative estimate of drug-likeness (QED) is 0.499. The largest absolute Gasteiger partial charge is 0.385 e. The van der Waals surface area contributed by atoms with Gasteiger partial charge in [-0.1, -0.05) is 39.8 Å². The summed E-state index contributed by atoms with van der Waals surface area (Å²) in [6, 6.07) is 8.27. The molecule has 1 heterocycles. The molecule has 2 aromatic rings. The lowest BCUT2D eigenvalue weighted by molar-refractivity contribution is -0.120. The summed E-state index contributed by atoms with van der Waals surface area (Å²) < 4.78 is 7.03. The minimum atomic E-state index is 0.0101. The Balaban J connectivity index is 1.74. The Bertz CT molecular complexity index is 617. The van der Waals surface area contributed by atoms with Crippen LogP contribution in [-0.4, -0.2) is 31.2 Å². The van der Waals surface area contributed by atoms with Gasteiger partial charge >= 0.3 is 0 Å². The fraction of sp³-hybridized carbons (Fsp3) is 0.375. The van der Waals surface area contributed by atoms with Gasteiger partial charge in [-0.15, -0.1) is 11.3 Å². The van der Waals surface area contributed by atoms with Crippen molar-refractivity contribution in [2.75, 3.05) is 20.3 Å². The Morgan fingerprint density at radius 2 is 2.17 bits per heavy atom. The lowest BCUT2D eigenvalue weighted by Crippen LogP contribution is -2.26. The standard InChI is InChI=1S/C16H19BrN2O2S2/c1-21-8-2-7-18-15(20)9-14-11-23-16(19-14)22-10-12-3-5-13(17)6-4-12/h3-6,11H,2,7-10H2,1H3,(H,18,20). The van der Waals surface area contributed by atoms with Gasteiger partial charge in [0.2, 0.25) is 5.91 Å². The van der Waals surface area contributed by atoms with Crippen molar-refractivity contribution in [2.24, 2.45) is 0 Å². The summed E-state index contributed by atoms with van der Waals surface area (Å²) in [5.41, 5.74) is 2.09. The molecule has 1 N–H and O–H groups in total. The van der Waals surface area contributed by atoms with Crippen LogP contribution >= 0.6 is 39.0 Å². The number of thioether (sulfide) groups is 1. The summed E-state index contributed by atoms with van der Waals surface area (Å²) in [5, 5.41) is 4.83. The third kappa shape index (κ3) is 7.03. The van der Waals surface area contributed by atoms with Crippen LogP contribution in [0.15, 0.2) is 38.5 Å². The fourth-order valence-electron chi connectivity index (χ4n) is 1.83. The number of halogens is 1. The molecule has 1 aromatic heterocycles. The van der Waals surface area contributed by atoms with Gasteiger partial charge in [-0.2, -0.15) is 0 Å². The van der Waals surface area contributed by atoms with E-state index in [-0.39, 0.29) is 5.91 Å². The van der Waals surface area contributed by atoms with Crippen molar-refractivity contribution in [1.29, 1.82) is 0 Å². The van der Waals surface area contributed by atoms with E-state index in [0.717, 1.165) is 26.7 Å². The highest BCUT2D eigenvalue weighted by molar-refractivity contribution is 9.10. The number of nitrogens with one attached hydrogen (secondary N) is 1. The van der Waals surface area contributed by atoms with Crippen molar-refractivity contribution in [1.82, 2.24) is 10.3 Å². The highest BCUT2D eigenvalue weighted by atomic mass is 79.9. The van der Waals surface area contributed by atoms with Gasteiger partial charge in [-0.25, -0.2) is 4.98 Å². The zero-order chi connectivity index (χ0) is 16.5. The zero-order valence-corrected chi connectivity index (χ0v) is 16.1. The number of benzene rings is 1. The van der Waals surface area contributed by atoms with E-state index in [1.807, 2.05) is 17.5 Å². The van der Waals surface area contributed by atoms with Crippen LogP contribution in [0, 0.1) is 0 Å². The van der Waals surface area contributed by atoms with Crippen LogP contribution in [0.4, 0.5) is 0 Å². The third-order valence-corrected chi connectivity index (χ3v) is 5.66. The average molecular weight is 415 g/mol. The molecule has 0 radical (unpaired) electrons. The molecule has 1 amide bonds. The summed E-state index contributed by atoms with van der Waals surface area (Å²) in [6.07, 6.45) is 1.16. The number of carbonyl (C=O) groups is 1. The molecule has 4 nitrogen and oxygen atoms in total. The SMILES string of the molecule is COCCCNC(=O)Cc1csc(SCc2ccc(Br)cc2)n1. The maximum absolute atomic E-state index is 11.8. The van der Waals surface area contributed by atoms with Crippen LogP contribution in [-0.2, 0) is 21.7 Å². The first-order chi connectivity index (χ1) is 11.2. The van der Waals surface area contributed by atoms with Crippen LogP contribution in [0.25, 0.3) is 0 Å². The molecule has 7 heteroatoms. The highest BCUT2D eigenvalue weighted by Crippen LogP contribution is 2.26. The first-order valence-electron chi connectivity index (χ1n) is 7.24. The smallest absolute Gasteiger partial charge is 0.226 e. The molecule has 2 rings (SSSR count). The molecule has 0 unspecified atom stereocenters. The van der Waals surface area contributed by atoms with Gasteiger partial charge in [0, 0.05) is 35.9 Å². The van der Waals surface area contributed by atoms with Gasteiger partial charge in [-0.3, -0.25) is 4.79 Å². The molecule has 0 aliphatic heterocycles. The topological polar surface area (TPSA) is 51.2 Å². The number of aromatic nitrogens is 1. The van der Waals surface area contributed by atoms with Crippen LogP contribution in [0.2, 0.25) is 0 Å². The van der Waals surface area contributed by atoms with E-state index in [0.29, 0.717) is 19.6 Å². The van der Waals surface area contributed by atoms with Crippen LogP contribution < -0.4 is 5.32 Å². The van der Waals surface area contributed by atoms with Crippen molar-refractivity contribution >= 4 is 44.9 Å². The highest BCUT2D eigenvalue weighted by Gasteiger charge is 2.08. The minimum Gasteiger partial charge on any atom is -0.385 e. The molecule has 0 saturated heterocycles. The number of ether oxygens (including phenoxy) is 1. The molecule has 23 heavy (non-hydrogen) atoms. The normalized spacial score (nSPS) is 10.7. The summed E-state index contributed by atoms with van der Waals surface area (Å²) >= 11 is 6.72. The second-order valence-electron chi connectivity index (χ2n) is 4.89. The van der Waals surface area contributed by atoms with Crippen molar-refractivity contribution in [3.05, 3.63) is 45.4 Å². The molecule has 1 aromatic carbocycles. The molecule has 0 aliphatic carbocycles. The van der Waals surface area contributed by atoms with Gasteiger partial charge in [-0.05, 0) is 24.1 Å². The molecule has 0 atom stereocenters. The summed E-state index contributed by atoms with van der Waals surface area (Å²) in [4.78, 5) is 16.3. The molecule has 124 valence electrons. The second-order valence-corrected chi connectivity index (χ2v) is 7.89. The number of thiazole rings is 1. The predicted octanol–water partition coefficient (Wildman–Crippen LogP) is 3.89. The lowest BCUT2D eigenvalue weighted by Gasteiger charge is -2.03. The number of hydrogen-bond donors (Lipinski definition) is 1. The Morgan fingerprint density at radius 1 is 1.39 bits per heavy atom. The number of hydrogen-bond acceptors (Lipinski definition) is 5. The summed E-state index contributed by atoms with van der Waals surface area (Å²) in [6.45, 7) is 1.30. The van der Waals surface area contributed by atoms with Gasteiger partial charge in [0.1, 0.15) is 4.34 Å². The zero-order valence-electron chi connectivity index (χ0n) is 12.9. The first-order valence-corrected chi connectivity index (χ1v) is 9.90. The van der Waals surface area contributed by atoms with E-state index in [1.165, 1.54) is 5.56 Å². The van der Waals surface area contributed by atoms with Crippen molar-refractivity contribution in [3.8, 4) is 0 Å². The maximum Gasteiger partial charge on any atom is 0.226 e. The molecule has 0 saturated carbocycles. The van der Waals surface area contributed by atoms with Crippen molar-refractivity contribution in [3.63, 3.8) is 0 Å². The van der Waals surface area contributed by atoms with Gasteiger partial charge < -0.3 is 10.1 Å². The van der Waals surface area contributed by atoms with Gasteiger partial charge in [0.25, 0.3) is 0 Å². The van der Waals surface area contributed by atoms with Crippen LogP contribution in [0.5, 0.6) is 0 Å². The molecule has 0 spiro atoms. The van der Waals surface area contributed by atoms with Gasteiger partial charge in [0.05, 0.1) is 12.1 Å². The molecule has 0 bridgehead atoms. The Morgan fingerprint density at radius 3 is 2.91 bits per heavy atom. The molecule has 0 aliphatic rings. The molecular weight excluding hydrogens is 396 g/mol. The van der Waals surface area contributed by atoms with Gasteiger partial charge in [0.15, 0.2) is 0 Å². The summed E-state index contributed by atoms with van der Waals surface area (Å²) in [5.74, 6) is 0.888. The Hall–Kier alpha value is -0.890. The molecule has 0 fully saturated rings. The number of amides is 1. The second kappa shape index (κ2) is 10.1. The third-order valence-electron chi connectivity index (χ3n) is 3.00. The minimum absolute atomic E-state index is 0.0101. The Kier molecular flexibility index (Phi) is 8.08. The Labute approximate surface area is 153 Å². The number of methoxy groups -OCH3 is 1. The lowest BCUT2D eigenvalue weighted by atomic mass is 10.2. The van der Waals surface area contributed by atoms with E-state index < -0.39 is 0 Å². The average Bonchev–Trinajstić information content (AvgIpc) is 2.98. The van der Waals surface area contributed by atoms with E-state index in [4.69, 9.17) is 4.74 Å². The van der Waals surface area contributed by atoms with E-state index in [2.05, 4.69) is 38.4 Å². The number of rotatable bonds is 9.